The number of nitrogens with one attached hydrogen (secondary N) is 1. The van der Waals surface area contributed by atoms with Crippen molar-refractivity contribution >= 4 is 18.2 Å². The molecule has 134 valence electrons. The highest BCUT2D eigenvalue weighted by Gasteiger charge is 2.42. The highest BCUT2D eigenvalue weighted by atomic mass is 17.4. The molecule has 14 heteroatoms. The molecule has 1 fully saturated rings. The van der Waals surface area contributed by atoms with Crippen molar-refractivity contribution in [2.24, 2.45) is 5.11 Å². The molecule has 0 radical (unpaired) electrons. The summed E-state index contributed by atoms with van der Waals surface area (Å²) in [6.07, 6.45) is -11.9. The number of azide groups is 1. The second kappa shape index (κ2) is 9.09. The van der Waals surface area contributed by atoms with E-state index in [1.165, 1.54) is 0 Å². The number of aldehydes is 1. The standard InChI is InChI=1S/C10H14N4O10/c11-14-12-1-4(16)13-8(20)7(19)6(18)5(17)3(2-15)22-9(21)10-23-24-10/h2-3,5-8,10,17-20H,1H2,(H,13,16)/t3-,5+,6+,7-,8?/m0/s1. The van der Waals surface area contributed by atoms with Gasteiger partial charge in [0.25, 0.3) is 0 Å². The number of carbonyl (C=O) groups excluding carboxylic acids is 3. The molecule has 1 aliphatic heterocycles. The van der Waals surface area contributed by atoms with Crippen LogP contribution in [0.3, 0.4) is 0 Å². The van der Waals surface area contributed by atoms with E-state index in [2.05, 4.69) is 24.5 Å². The zero-order valence-electron chi connectivity index (χ0n) is 11.8. The molecule has 0 saturated carbocycles. The van der Waals surface area contributed by atoms with Crippen LogP contribution in [0.2, 0.25) is 0 Å². The summed E-state index contributed by atoms with van der Waals surface area (Å²) in [7, 11) is 0. The van der Waals surface area contributed by atoms with E-state index in [-0.39, 0.29) is 6.29 Å². The van der Waals surface area contributed by atoms with Crippen molar-refractivity contribution in [3.05, 3.63) is 10.4 Å². The predicted octanol–water partition coefficient (Wildman–Crippen LogP) is -3.79. The number of aliphatic hydroxyl groups excluding tert-OH is 4. The largest absolute Gasteiger partial charge is 0.448 e. The first-order valence-corrected chi connectivity index (χ1v) is 6.32. The van der Waals surface area contributed by atoms with E-state index in [9.17, 15) is 34.8 Å². The Morgan fingerprint density at radius 2 is 1.88 bits per heavy atom. The molecule has 0 aromatic carbocycles. The van der Waals surface area contributed by atoms with Crippen LogP contribution < -0.4 is 5.32 Å². The molecule has 1 saturated heterocycles. The molecule has 0 spiro atoms. The minimum Gasteiger partial charge on any atom is -0.448 e. The van der Waals surface area contributed by atoms with Crippen LogP contribution in [0.25, 0.3) is 10.4 Å². The van der Waals surface area contributed by atoms with Crippen LogP contribution in [0.4, 0.5) is 0 Å². The van der Waals surface area contributed by atoms with Crippen LogP contribution >= 0.6 is 0 Å². The van der Waals surface area contributed by atoms with E-state index in [1.807, 2.05) is 0 Å². The zero-order chi connectivity index (χ0) is 18.3. The first-order valence-electron chi connectivity index (χ1n) is 6.32. The van der Waals surface area contributed by atoms with Gasteiger partial charge in [-0.2, -0.15) is 9.78 Å². The Kier molecular flexibility index (Phi) is 7.47. The quantitative estimate of drug-likeness (QED) is 0.0377. The molecule has 1 aliphatic rings. The number of ether oxygens (including phenoxy) is 1. The van der Waals surface area contributed by atoms with Crippen molar-refractivity contribution in [1.82, 2.24) is 5.32 Å². The number of aliphatic hydroxyl groups is 4. The Hall–Kier alpha value is -2.32. The van der Waals surface area contributed by atoms with Crippen molar-refractivity contribution in [2.75, 3.05) is 6.54 Å². The van der Waals surface area contributed by atoms with Gasteiger partial charge in [0, 0.05) is 4.91 Å². The average Bonchev–Trinajstić information content (AvgIpc) is 3.40. The minimum absolute atomic E-state index is 0.0342. The number of carbonyl (C=O) groups is 3. The first kappa shape index (κ1) is 19.7. The number of hydrogen-bond acceptors (Lipinski definition) is 11. The normalized spacial score (nSPS) is 19.8. The van der Waals surface area contributed by atoms with E-state index < -0.39 is 55.4 Å². The van der Waals surface area contributed by atoms with Crippen molar-refractivity contribution in [1.29, 1.82) is 0 Å². The van der Waals surface area contributed by atoms with Crippen molar-refractivity contribution in [3.8, 4) is 0 Å². The summed E-state index contributed by atoms with van der Waals surface area (Å²) in [6.45, 7) is -0.686. The highest BCUT2D eigenvalue weighted by molar-refractivity contribution is 5.78. The van der Waals surface area contributed by atoms with Gasteiger partial charge in [-0.1, -0.05) is 5.11 Å². The summed E-state index contributed by atoms with van der Waals surface area (Å²) in [5, 5.41) is 43.3. The summed E-state index contributed by atoms with van der Waals surface area (Å²) in [5.41, 5.74) is 8.02. The Morgan fingerprint density at radius 3 is 2.38 bits per heavy atom. The van der Waals surface area contributed by atoms with E-state index >= 15 is 0 Å². The summed E-state index contributed by atoms with van der Waals surface area (Å²) in [4.78, 5) is 43.7. The maximum absolute atomic E-state index is 11.2. The van der Waals surface area contributed by atoms with E-state index in [4.69, 9.17) is 5.53 Å². The minimum atomic E-state index is -2.19. The first-order chi connectivity index (χ1) is 11.3. The molecular weight excluding hydrogens is 336 g/mol. The monoisotopic (exact) mass is 350 g/mol. The summed E-state index contributed by atoms with van der Waals surface area (Å²) < 4.78 is 4.47. The van der Waals surface area contributed by atoms with Gasteiger partial charge in [0.2, 0.25) is 5.91 Å². The van der Waals surface area contributed by atoms with E-state index in [1.54, 1.807) is 5.32 Å². The lowest BCUT2D eigenvalue weighted by Gasteiger charge is -2.28. The van der Waals surface area contributed by atoms with Crippen LogP contribution in [0.15, 0.2) is 5.11 Å². The number of rotatable bonds is 10. The smallest absolute Gasteiger partial charge is 0.370 e. The van der Waals surface area contributed by atoms with Gasteiger partial charge in [0.05, 0.1) is 0 Å². The second-order valence-corrected chi connectivity index (χ2v) is 4.44. The van der Waals surface area contributed by atoms with Gasteiger partial charge < -0.3 is 30.5 Å². The molecule has 0 aromatic heterocycles. The molecule has 1 heterocycles. The number of nitrogens with zero attached hydrogens (tertiary/aromatic N) is 3. The zero-order valence-corrected chi connectivity index (χ0v) is 11.8. The summed E-state index contributed by atoms with van der Waals surface area (Å²) >= 11 is 0. The predicted molar refractivity (Wildman–Crippen MR) is 68.1 cm³/mol. The molecule has 1 amide bonds. The molecule has 14 nitrogen and oxygen atoms in total. The van der Waals surface area contributed by atoms with Crippen LogP contribution in [-0.4, -0.2) is 82.1 Å². The molecule has 0 aromatic rings. The molecule has 5 atom stereocenters. The van der Waals surface area contributed by atoms with Crippen LogP contribution in [0.5, 0.6) is 0 Å². The van der Waals surface area contributed by atoms with Gasteiger partial charge in [0.1, 0.15) is 24.9 Å². The molecule has 0 aliphatic carbocycles. The van der Waals surface area contributed by atoms with Crippen LogP contribution in [0.1, 0.15) is 0 Å². The van der Waals surface area contributed by atoms with Crippen LogP contribution in [-0.2, 0) is 28.9 Å². The molecule has 5 N–H and O–H groups in total. The lowest BCUT2D eigenvalue weighted by molar-refractivity contribution is -0.174. The molecule has 1 rings (SSSR count). The Labute approximate surface area is 133 Å². The van der Waals surface area contributed by atoms with Crippen molar-refractivity contribution in [3.63, 3.8) is 0 Å². The lowest BCUT2D eigenvalue weighted by Crippen LogP contribution is -2.55. The fourth-order valence-electron chi connectivity index (χ4n) is 1.45. The van der Waals surface area contributed by atoms with Gasteiger partial charge in [-0.05, 0) is 5.53 Å². The third kappa shape index (κ3) is 5.71. The maximum Gasteiger partial charge on any atom is 0.370 e. The average molecular weight is 350 g/mol. The number of hydrogen-bond donors (Lipinski definition) is 5. The van der Waals surface area contributed by atoms with Gasteiger partial charge in [-0.25, -0.2) is 4.79 Å². The van der Waals surface area contributed by atoms with Gasteiger partial charge >= 0.3 is 12.3 Å². The van der Waals surface area contributed by atoms with Crippen molar-refractivity contribution in [2.45, 2.75) is 36.9 Å². The Morgan fingerprint density at radius 1 is 1.25 bits per heavy atom. The fraction of sp³-hybridized carbons (Fsp3) is 0.700. The van der Waals surface area contributed by atoms with E-state index in [0.717, 1.165) is 0 Å². The Bertz CT molecular complexity index is 520. The van der Waals surface area contributed by atoms with Gasteiger partial charge in [-0.3, -0.25) is 9.59 Å². The number of esters is 1. The maximum atomic E-state index is 11.2. The highest BCUT2D eigenvalue weighted by Crippen LogP contribution is 2.16. The number of amides is 1. The van der Waals surface area contributed by atoms with Crippen LogP contribution in [0, 0.1) is 0 Å². The van der Waals surface area contributed by atoms with Crippen molar-refractivity contribution < 1.29 is 49.3 Å². The molecular formula is C10H14N4O10. The fourth-order valence-corrected chi connectivity index (χ4v) is 1.45. The SMILES string of the molecule is [N-]=[N+]=NCC(=O)NC(O)[C@@H](O)[C@H](O)[C@H](O)[C@H](C=O)OC(=O)C1OO1. The Balaban J connectivity index is 2.58. The third-order valence-electron chi connectivity index (χ3n) is 2.72. The van der Waals surface area contributed by atoms with E-state index in [0.29, 0.717) is 0 Å². The van der Waals surface area contributed by atoms with Gasteiger partial charge in [0.15, 0.2) is 18.6 Å². The third-order valence-corrected chi connectivity index (χ3v) is 2.72. The topological polar surface area (TPSA) is 227 Å². The lowest BCUT2D eigenvalue weighted by atomic mass is 10.0. The summed E-state index contributed by atoms with van der Waals surface area (Å²) in [6, 6.07) is 0. The molecule has 0 bridgehead atoms. The molecule has 1 unspecified atom stereocenters. The van der Waals surface area contributed by atoms with Gasteiger partial charge in [-0.15, -0.1) is 0 Å². The second-order valence-electron chi connectivity index (χ2n) is 4.44. The summed E-state index contributed by atoms with van der Waals surface area (Å²) in [5.74, 6) is -2.14. The molecule has 24 heavy (non-hydrogen) atoms.